The number of nitrogens with zero attached hydrogens (tertiary/aromatic N) is 1. The number of carbonyl (C=O) groups is 4. The third-order valence-corrected chi connectivity index (χ3v) is 7.07. The van der Waals surface area contributed by atoms with Crippen molar-refractivity contribution in [1.29, 1.82) is 0 Å². The molecule has 0 fully saturated rings. The van der Waals surface area contributed by atoms with Gasteiger partial charge in [0.25, 0.3) is 0 Å². The van der Waals surface area contributed by atoms with E-state index in [-0.39, 0.29) is 44.0 Å². The molecule has 4 rings (SSSR count). The Bertz CT molecular complexity index is 1600. The van der Waals surface area contributed by atoms with E-state index in [9.17, 15) is 29.4 Å². The Hall–Kier alpha value is -5.85. The highest BCUT2D eigenvalue weighted by molar-refractivity contribution is 5.93. The van der Waals surface area contributed by atoms with Crippen LogP contribution in [0.25, 0.3) is 0 Å². The van der Waals surface area contributed by atoms with Gasteiger partial charge in [0, 0.05) is 31.2 Å². The second-order valence-corrected chi connectivity index (χ2v) is 10.7. The van der Waals surface area contributed by atoms with Gasteiger partial charge in [0.05, 0.1) is 12.9 Å². The van der Waals surface area contributed by atoms with Crippen molar-refractivity contribution in [3.05, 3.63) is 114 Å². The Morgan fingerprint density at radius 2 is 1.26 bits per heavy atom. The van der Waals surface area contributed by atoms with Gasteiger partial charge in [-0.3, -0.25) is 9.59 Å². The SMILES string of the molecule is CCOC(=O)[C@H](Cc1ccc(O)cc1)NC(=O)[C@H](Cc1ccc(O)cc1)NC(=O)[C@H](Cc1cnc[nH]1)NC(=O)OCc1ccccc1. The number of phenols is 2. The minimum absolute atomic E-state index is 0.00607. The van der Waals surface area contributed by atoms with Crippen molar-refractivity contribution in [3.8, 4) is 11.5 Å². The van der Waals surface area contributed by atoms with Crippen LogP contribution in [-0.4, -0.2) is 68.8 Å². The smallest absolute Gasteiger partial charge is 0.408 e. The van der Waals surface area contributed by atoms with E-state index in [1.54, 1.807) is 43.3 Å². The monoisotopic (exact) mass is 643 g/mol. The zero-order chi connectivity index (χ0) is 33.6. The predicted octanol–water partition coefficient (Wildman–Crippen LogP) is 2.68. The summed E-state index contributed by atoms with van der Waals surface area (Å²) in [6, 6.07) is 17.8. The Balaban J connectivity index is 1.53. The van der Waals surface area contributed by atoms with Gasteiger partial charge in [0.1, 0.15) is 36.2 Å². The molecule has 3 amide bonds. The van der Waals surface area contributed by atoms with Crippen LogP contribution in [0.3, 0.4) is 0 Å². The molecular formula is C34H37N5O8. The zero-order valence-electron chi connectivity index (χ0n) is 25.7. The number of amides is 3. The fourth-order valence-corrected chi connectivity index (χ4v) is 4.66. The van der Waals surface area contributed by atoms with E-state index in [1.165, 1.54) is 36.8 Å². The minimum Gasteiger partial charge on any atom is -0.508 e. The van der Waals surface area contributed by atoms with Crippen molar-refractivity contribution in [1.82, 2.24) is 25.9 Å². The number of nitrogens with one attached hydrogen (secondary N) is 4. The summed E-state index contributed by atoms with van der Waals surface area (Å²) in [6.45, 7) is 1.70. The quantitative estimate of drug-likeness (QED) is 0.106. The van der Waals surface area contributed by atoms with E-state index in [0.29, 0.717) is 16.8 Å². The van der Waals surface area contributed by atoms with E-state index in [2.05, 4.69) is 25.9 Å². The number of carbonyl (C=O) groups excluding carboxylic acids is 4. The Morgan fingerprint density at radius 1 is 0.702 bits per heavy atom. The van der Waals surface area contributed by atoms with E-state index in [1.807, 2.05) is 18.2 Å². The molecule has 6 N–H and O–H groups in total. The summed E-state index contributed by atoms with van der Waals surface area (Å²) < 4.78 is 10.5. The van der Waals surface area contributed by atoms with Gasteiger partial charge in [0.2, 0.25) is 11.8 Å². The van der Waals surface area contributed by atoms with Gasteiger partial charge in [-0.1, -0.05) is 54.6 Å². The topological polar surface area (TPSA) is 192 Å². The number of imidazole rings is 1. The average molecular weight is 644 g/mol. The van der Waals surface area contributed by atoms with Gasteiger partial charge in [-0.25, -0.2) is 14.6 Å². The van der Waals surface area contributed by atoms with Gasteiger partial charge in [-0.15, -0.1) is 0 Å². The maximum Gasteiger partial charge on any atom is 0.408 e. The van der Waals surface area contributed by atoms with E-state index < -0.39 is 42.0 Å². The zero-order valence-corrected chi connectivity index (χ0v) is 25.7. The lowest BCUT2D eigenvalue weighted by molar-refractivity contribution is -0.147. The number of rotatable bonds is 15. The van der Waals surface area contributed by atoms with Crippen molar-refractivity contribution < 1.29 is 38.9 Å². The highest BCUT2D eigenvalue weighted by Crippen LogP contribution is 2.14. The van der Waals surface area contributed by atoms with Crippen molar-refractivity contribution in [2.75, 3.05) is 6.61 Å². The number of phenolic OH excluding ortho intramolecular Hbond substituents is 2. The maximum atomic E-state index is 13.8. The molecule has 0 unspecified atom stereocenters. The maximum absolute atomic E-state index is 13.8. The fourth-order valence-electron chi connectivity index (χ4n) is 4.66. The molecule has 4 aromatic rings. The van der Waals surface area contributed by atoms with Crippen molar-refractivity contribution in [2.45, 2.75) is 50.9 Å². The number of hydrogen-bond acceptors (Lipinski definition) is 9. The van der Waals surface area contributed by atoms with Gasteiger partial charge in [-0.2, -0.15) is 0 Å². The number of aromatic hydroxyl groups is 2. The van der Waals surface area contributed by atoms with Crippen LogP contribution in [0.2, 0.25) is 0 Å². The summed E-state index contributed by atoms with van der Waals surface area (Å²) >= 11 is 0. The average Bonchev–Trinajstić information content (AvgIpc) is 3.58. The van der Waals surface area contributed by atoms with Crippen LogP contribution in [0.15, 0.2) is 91.4 Å². The second kappa shape index (κ2) is 17.0. The van der Waals surface area contributed by atoms with Crippen molar-refractivity contribution in [2.24, 2.45) is 0 Å². The summed E-state index contributed by atoms with van der Waals surface area (Å²) in [5.41, 5.74) is 2.56. The molecule has 0 spiro atoms. The fraction of sp³-hybridized carbons (Fsp3) is 0.265. The van der Waals surface area contributed by atoms with Gasteiger partial charge < -0.3 is 40.6 Å². The number of alkyl carbamates (subject to hydrolysis) is 1. The number of aromatic nitrogens is 2. The van der Waals surface area contributed by atoms with Gasteiger partial charge in [-0.05, 0) is 47.9 Å². The number of benzene rings is 3. The summed E-state index contributed by atoms with van der Waals surface area (Å²) in [5, 5.41) is 27.4. The summed E-state index contributed by atoms with van der Waals surface area (Å²) in [5.74, 6) is -1.99. The van der Waals surface area contributed by atoms with E-state index in [4.69, 9.17) is 9.47 Å². The van der Waals surface area contributed by atoms with Crippen molar-refractivity contribution in [3.63, 3.8) is 0 Å². The van der Waals surface area contributed by atoms with E-state index >= 15 is 0 Å². The molecule has 1 aromatic heterocycles. The van der Waals surface area contributed by atoms with Crippen LogP contribution in [0, 0.1) is 0 Å². The molecule has 0 radical (unpaired) electrons. The van der Waals surface area contributed by atoms with E-state index in [0.717, 1.165) is 5.56 Å². The van der Waals surface area contributed by atoms with Crippen molar-refractivity contribution >= 4 is 23.9 Å². The van der Waals surface area contributed by atoms with Crippen LogP contribution in [0.4, 0.5) is 4.79 Å². The molecule has 0 aliphatic carbocycles. The number of esters is 1. The van der Waals surface area contributed by atoms with Crippen LogP contribution in [0.5, 0.6) is 11.5 Å². The van der Waals surface area contributed by atoms with Crippen LogP contribution >= 0.6 is 0 Å². The molecule has 0 saturated heterocycles. The number of aromatic amines is 1. The largest absolute Gasteiger partial charge is 0.508 e. The normalized spacial score (nSPS) is 12.6. The summed E-state index contributed by atoms with van der Waals surface area (Å²) in [4.78, 5) is 60.0. The Morgan fingerprint density at radius 3 is 1.81 bits per heavy atom. The predicted molar refractivity (Wildman–Crippen MR) is 170 cm³/mol. The first-order valence-corrected chi connectivity index (χ1v) is 15.0. The lowest BCUT2D eigenvalue weighted by Gasteiger charge is -2.25. The summed E-state index contributed by atoms with van der Waals surface area (Å²) in [7, 11) is 0. The van der Waals surface area contributed by atoms with Crippen LogP contribution in [0.1, 0.15) is 29.3 Å². The molecule has 0 saturated carbocycles. The van der Waals surface area contributed by atoms with Crippen LogP contribution in [-0.2, 0) is 49.7 Å². The third-order valence-electron chi connectivity index (χ3n) is 7.07. The molecule has 13 heteroatoms. The molecule has 3 aromatic carbocycles. The highest BCUT2D eigenvalue weighted by Gasteiger charge is 2.31. The molecule has 3 atom stereocenters. The lowest BCUT2D eigenvalue weighted by Crippen LogP contribution is -2.57. The molecule has 0 aliphatic heterocycles. The first-order valence-electron chi connectivity index (χ1n) is 15.0. The minimum atomic E-state index is -1.21. The molecule has 13 nitrogen and oxygen atoms in total. The number of H-pyrrole nitrogens is 1. The molecule has 246 valence electrons. The third kappa shape index (κ3) is 10.9. The molecule has 1 heterocycles. The lowest BCUT2D eigenvalue weighted by atomic mass is 10.0. The molecular weight excluding hydrogens is 606 g/mol. The molecule has 0 bridgehead atoms. The first-order chi connectivity index (χ1) is 22.7. The van der Waals surface area contributed by atoms with Gasteiger partial charge >= 0.3 is 12.1 Å². The first kappa shape index (κ1) is 34.0. The Labute approximate surface area is 271 Å². The van der Waals surface area contributed by atoms with Gasteiger partial charge in [0.15, 0.2) is 0 Å². The number of ether oxygens (including phenoxy) is 2. The molecule has 0 aliphatic rings. The van der Waals surface area contributed by atoms with Crippen LogP contribution < -0.4 is 16.0 Å². The second-order valence-electron chi connectivity index (χ2n) is 10.7. The highest BCUT2D eigenvalue weighted by atomic mass is 16.5. The number of hydrogen-bond donors (Lipinski definition) is 6. The standard InChI is InChI=1S/C34H37N5O8/c1-2-46-33(44)30(17-23-10-14-27(41)15-11-23)38-31(42)28(16-22-8-12-26(40)13-9-22)37-32(43)29(18-25-19-35-21-36-25)39-34(45)47-20-24-6-4-3-5-7-24/h3-15,19,21,28-30,40-41H,2,16-18,20H2,1H3,(H,35,36)(H,37,43)(H,38,42)(H,39,45)/t28-,29-,30-/m0/s1. The summed E-state index contributed by atoms with van der Waals surface area (Å²) in [6.07, 6.45) is 2.15. The Kier molecular flexibility index (Phi) is 12.3. The molecule has 47 heavy (non-hydrogen) atoms.